The quantitative estimate of drug-likeness (QED) is 0.741. The molecule has 0 radical (unpaired) electrons. The summed E-state index contributed by atoms with van der Waals surface area (Å²) in [7, 11) is 0. The Labute approximate surface area is 83.7 Å². The Morgan fingerprint density at radius 1 is 1.38 bits per heavy atom. The molecule has 0 saturated heterocycles. The van der Waals surface area contributed by atoms with Gasteiger partial charge in [0.1, 0.15) is 0 Å². The maximum absolute atomic E-state index is 6.18. The summed E-state index contributed by atoms with van der Waals surface area (Å²) < 4.78 is 0. The fourth-order valence-electron chi connectivity index (χ4n) is 2.03. The van der Waals surface area contributed by atoms with Crippen LogP contribution in [0.1, 0.15) is 23.6 Å². The number of fused-ring (bicyclic) bond motifs is 1. The van der Waals surface area contributed by atoms with E-state index in [0.717, 1.165) is 0 Å². The van der Waals surface area contributed by atoms with Crippen molar-refractivity contribution in [2.24, 2.45) is 5.73 Å². The zero-order valence-electron chi connectivity index (χ0n) is 7.86. The van der Waals surface area contributed by atoms with Gasteiger partial charge in [0.05, 0.1) is 0 Å². The minimum absolute atomic E-state index is 0.236. The van der Waals surface area contributed by atoms with Crippen molar-refractivity contribution in [3.8, 4) is 0 Å². The molecule has 2 rings (SSSR count). The van der Waals surface area contributed by atoms with E-state index in [4.69, 9.17) is 5.73 Å². The first kappa shape index (κ1) is 9.10. The third kappa shape index (κ3) is 1.61. The van der Waals surface area contributed by atoms with Crippen LogP contribution in [-0.2, 0) is 6.42 Å². The topological polar surface area (TPSA) is 26.0 Å². The van der Waals surface area contributed by atoms with E-state index < -0.39 is 0 Å². The highest BCUT2D eigenvalue weighted by Crippen LogP contribution is 2.33. The summed E-state index contributed by atoms with van der Waals surface area (Å²) in [5.41, 5.74) is 8.98. The summed E-state index contributed by atoms with van der Waals surface area (Å²) in [6.07, 6.45) is 4.56. The summed E-state index contributed by atoms with van der Waals surface area (Å²) in [6, 6.07) is 8.79. The molecular weight excluding hydrogens is 178 g/mol. The van der Waals surface area contributed by atoms with Crippen molar-refractivity contribution in [1.29, 1.82) is 0 Å². The molecule has 70 valence electrons. The molecule has 0 saturated carbocycles. The number of thioether (sulfide) groups is 1. The molecule has 1 aromatic carbocycles. The zero-order valence-corrected chi connectivity index (χ0v) is 8.68. The lowest BCUT2D eigenvalue weighted by Crippen LogP contribution is -2.29. The number of hydrogen-bond acceptors (Lipinski definition) is 2. The van der Waals surface area contributed by atoms with Gasteiger partial charge in [0, 0.05) is 11.3 Å². The Morgan fingerprint density at radius 2 is 2.15 bits per heavy atom. The van der Waals surface area contributed by atoms with Crippen molar-refractivity contribution in [1.82, 2.24) is 0 Å². The monoisotopic (exact) mass is 193 g/mol. The van der Waals surface area contributed by atoms with E-state index in [2.05, 4.69) is 30.5 Å². The number of benzene rings is 1. The van der Waals surface area contributed by atoms with Crippen LogP contribution < -0.4 is 5.73 Å². The molecule has 0 amide bonds. The standard InChI is InChI=1S/C11H15NS/c1-13-10-7-6-8-4-2-3-5-9(8)11(10)12/h2-5,10-11H,6-7,12H2,1H3. The van der Waals surface area contributed by atoms with Crippen LogP contribution in [0.15, 0.2) is 24.3 Å². The molecule has 0 fully saturated rings. The van der Waals surface area contributed by atoms with Crippen LogP contribution in [0.5, 0.6) is 0 Å². The Kier molecular flexibility index (Phi) is 2.61. The van der Waals surface area contributed by atoms with Gasteiger partial charge in [-0.1, -0.05) is 24.3 Å². The van der Waals surface area contributed by atoms with E-state index in [-0.39, 0.29) is 6.04 Å². The first-order chi connectivity index (χ1) is 6.33. The van der Waals surface area contributed by atoms with Crippen LogP contribution in [0.3, 0.4) is 0 Å². The van der Waals surface area contributed by atoms with E-state index in [9.17, 15) is 0 Å². The second kappa shape index (κ2) is 3.72. The molecule has 0 aromatic heterocycles. The summed E-state index contributed by atoms with van der Waals surface area (Å²) in [6.45, 7) is 0. The smallest absolute Gasteiger partial charge is 0.0418 e. The lowest BCUT2D eigenvalue weighted by atomic mass is 9.88. The molecule has 0 bridgehead atoms. The fourth-order valence-corrected chi connectivity index (χ4v) is 2.82. The van der Waals surface area contributed by atoms with E-state index in [1.54, 1.807) is 0 Å². The Morgan fingerprint density at radius 3 is 2.92 bits per heavy atom. The van der Waals surface area contributed by atoms with Gasteiger partial charge in [0.15, 0.2) is 0 Å². The second-order valence-corrected chi connectivity index (χ2v) is 4.61. The second-order valence-electron chi connectivity index (χ2n) is 3.54. The third-order valence-electron chi connectivity index (χ3n) is 2.82. The summed E-state index contributed by atoms with van der Waals surface area (Å²) in [5, 5.41) is 0.606. The summed E-state index contributed by atoms with van der Waals surface area (Å²) in [4.78, 5) is 0. The van der Waals surface area contributed by atoms with Gasteiger partial charge in [-0.25, -0.2) is 0 Å². The molecule has 2 unspecified atom stereocenters. The van der Waals surface area contributed by atoms with E-state index in [1.165, 1.54) is 24.0 Å². The van der Waals surface area contributed by atoms with Crippen LogP contribution >= 0.6 is 11.8 Å². The lowest BCUT2D eigenvalue weighted by Gasteiger charge is -2.29. The van der Waals surface area contributed by atoms with E-state index in [1.807, 2.05) is 11.8 Å². The van der Waals surface area contributed by atoms with Crippen molar-refractivity contribution in [3.63, 3.8) is 0 Å². The van der Waals surface area contributed by atoms with Crippen LogP contribution in [0.25, 0.3) is 0 Å². The SMILES string of the molecule is CSC1CCc2ccccc2C1N. The number of rotatable bonds is 1. The van der Waals surface area contributed by atoms with Crippen molar-refractivity contribution in [3.05, 3.63) is 35.4 Å². The molecule has 0 aliphatic heterocycles. The molecule has 0 spiro atoms. The highest BCUT2D eigenvalue weighted by molar-refractivity contribution is 7.99. The molecule has 2 heteroatoms. The molecule has 1 aliphatic carbocycles. The Bertz CT molecular complexity index is 298. The molecule has 2 atom stereocenters. The molecule has 0 heterocycles. The van der Waals surface area contributed by atoms with Gasteiger partial charge in [-0.3, -0.25) is 0 Å². The van der Waals surface area contributed by atoms with Gasteiger partial charge in [-0.2, -0.15) is 11.8 Å². The third-order valence-corrected chi connectivity index (χ3v) is 3.95. The molecule has 1 aromatic rings. The average molecular weight is 193 g/mol. The fraction of sp³-hybridized carbons (Fsp3) is 0.455. The van der Waals surface area contributed by atoms with Gasteiger partial charge in [0.25, 0.3) is 0 Å². The van der Waals surface area contributed by atoms with Crippen LogP contribution in [0, 0.1) is 0 Å². The van der Waals surface area contributed by atoms with Crippen LogP contribution in [0.2, 0.25) is 0 Å². The maximum atomic E-state index is 6.18. The van der Waals surface area contributed by atoms with Gasteiger partial charge in [0.2, 0.25) is 0 Å². The predicted molar refractivity (Wildman–Crippen MR) is 59.0 cm³/mol. The molecule has 2 N–H and O–H groups in total. The van der Waals surface area contributed by atoms with Gasteiger partial charge in [-0.05, 0) is 30.2 Å². The lowest BCUT2D eigenvalue weighted by molar-refractivity contribution is 0.588. The minimum Gasteiger partial charge on any atom is -0.323 e. The Balaban J connectivity index is 2.33. The molecular formula is C11H15NS. The van der Waals surface area contributed by atoms with Crippen molar-refractivity contribution < 1.29 is 0 Å². The van der Waals surface area contributed by atoms with Crippen LogP contribution in [-0.4, -0.2) is 11.5 Å². The van der Waals surface area contributed by atoms with Crippen LogP contribution in [0.4, 0.5) is 0 Å². The summed E-state index contributed by atoms with van der Waals surface area (Å²) in [5.74, 6) is 0. The van der Waals surface area contributed by atoms with Crippen molar-refractivity contribution >= 4 is 11.8 Å². The number of nitrogens with two attached hydrogens (primary N) is 1. The van der Waals surface area contributed by atoms with E-state index in [0.29, 0.717) is 5.25 Å². The summed E-state index contributed by atoms with van der Waals surface area (Å²) >= 11 is 1.89. The minimum atomic E-state index is 0.236. The number of hydrogen-bond donors (Lipinski definition) is 1. The van der Waals surface area contributed by atoms with E-state index >= 15 is 0 Å². The average Bonchev–Trinajstić information content (AvgIpc) is 2.19. The normalized spacial score (nSPS) is 26.9. The molecule has 1 nitrogen and oxygen atoms in total. The van der Waals surface area contributed by atoms with Gasteiger partial charge >= 0.3 is 0 Å². The predicted octanol–water partition coefficient (Wildman–Crippen LogP) is 2.36. The molecule has 13 heavy (non-hydrogen) atoms. The zero-order chi connectivity index (χ0) is 9.26. The first-order valence-electron chi connectivity index (χ1n) is 4.69. The highest BCUT2D eigenvalue weighted by Gasteiger charge is 2.25. The van der Waals surface area contributed by atoms with Gasteiger partial charge < -0.3 is 5.73 Å². The largest absolute Gasteiger partial charge is 0.323 e. The van der Waals surface area contributed by atoms with Crippen molar-refractivity contribution in [2.45, 2.75) is 24.1 Å². The number of aryl methyl sites for hydroxylation is 1. The molecule has 1 aliphatic rings. The van der Waals surface area contributed by atoms with Crippen molar-refractivity contribution in [2.75, 3.05) is 6.26 Å². The van der Waals surface area contributed by atoms with Gasteiger partial charge in [-0.15, -0.1) is 0 Å². The first-order valence-corrected chi connectivity index (χ1v) is 5.98. The Hall–Kier alpha value is -0.470. The highest BCUT2D eigenvalue weighted by atomic mass is 32.2. The maximum Gasteiger partial charge on any atom is 0.0418 e.